The number of carbonyl (C=O) groups excluding carboxylic acids is 4. The van der Waals surface area contributed by atoms with Crippen LogP contribution in [0.1, 0.15) is 58.1 Å². The fourth-order valence-electron chi connectivity index (χ4n) is 7.21. The topological polar surface area (TPSA) is 153 Å². The summed E-state index contributed by atoms with van der Waals surface area (Å²) in [7, 11) is 1.38. The third-order valence-electron chi connectivity index (χ3n) is 10.1. The van der Waals surface area contributed by atoms with Gasteiger partial charge in [0.25, 0.3) is 45.9 Å². The minimum absolute atomic E-state index is 0.0594. The molecule has 0 fully saturated rings. The van der Waals surface area contributed by atoms with Crippen molar-refractivity contribution in [2.75, 3.05) is 12.1 Å². The van der Waals surface area contributed by atoms with Crippen LogP contribution in [0.4, 0.5) is 0 Å². The molecule has 0 radical (unpaired) electrons. The van der Waals surface area contributed by atoms with Crippen LogP contribution in [-0.2, 0) is 6.42 Å². The van der Waals surface area contributed by atoms with Crippen LogP contribution in [0.15, 0.2) is 116 Å². The first-order valence-electron chi connectivity index (χ1n) is 16.5. The smallest absolute Gasteiger partial charge is 0.277 e. The van der Waals surface area contributed by atoms with E-state index in [0.717, 1.165) is 38.3 Å². The molecular weight excluding hydrogens is 676 g/mol. The Morgan fingerprint density at radius 3 is 1.43 bits per heavy atom. The summed E-state index contributed by atoms with van der Waals surface area (Å²) in [4.78, 5) is 108. The van der Waals surface area contributed by atoms with Gasteiger partial charge >= 0.3 is 0 Å². The van der Waals surface area contributed by atoms with Gasteiger partial charge in [0.2, 0.25) is 0 Å². The molecule has 0 bridgehead atoms. The average Bonchev–Trinajstić information content (AvgIpc) is 3.74. The van der Waals surface area contributed by atoms with Gasteiger partial charge in [0.15, 0.2) is 0 Å². The van der Waals surface area contributed by atoms with Gasteiger partial charge in [0, 0.05) is 7.05 Å². The Bertz CT molecular complexity index is 2980. The molecule has 0 saturated heterocycles. The molecule has 2 aromatic heterocycles. The van der Waals surface area contributed by atoms with Gasteiger partial charge in [-0.1, -0.05) is 54.1 Å². The standard InChI is InChI=1S/C41H24N4O8/c1-20-3-5-21(6-4-20)15-22-7-11-25(12-8-22)43-36(48)30-18-32-33(19-31(30)37(43)49)41(53)45(40(32)52)44-38(50)27-14-10-24(17-29(27)39(44)51)23-9-13-26-28(16-23)35(47)42(2)34(26)46/h3-14,16-19H,15H2,1-2H3. The first-order chi connectivity index (χ1) is 25.4. The molecule has 12 heteroatoms. The molecule has 9 rings (SSSR count). The van der Waals surface area contributed by atoms with Crippen molar-refractivity contribution in [3.63, 3.8) is 0 Å². The maximum absolute atomic E-state index is 13.7. The summed E-state index contributed by atoms with van der Waals surface area (Å²) in [5, 5.41) is -0.186. The lowest BCUT2D eigenvalue weighted by Crippen LogP contribution is -2.49. The zero-order chi connectivity index (χ0) is 37.0. The van der Waals surface area contributed by atoms with Gasteiger partial charge in [-0.25, -0.2) is 4.57 Å². The Morgan fingerprint density at radius 1 is 0.453 bits per heavy atom. The van der Waals surface area contributed by atoms with Crippen LogP contribution < -0.4 is 27.2 Å². The third-order valence-corrected chi connectivity index (χ3v) is 10.1. The summed E-state index contributed by atoms with van der Waals surface area (Å²) in [5.41, 5.74) is 1.41. The second-order valence-corrected chi connectivity index (χ2v) is 13.3. The molecule has 53 heavy (non-hydrogen) atoms. The second-order valence-electron chi connectivity index (χ2n) is 13.3. The number of imide groups is 2. The summed E-state index contributed by atoms with van der Waals surface area (Å²) in [6, 6.07) is 26.4. The number of aryl methyl sites for hydroxylation is 1. The lowest BCUT2D eigenvalue weighted by Gasteiger charge is -2.12. The normalized spacial score (nSPS) is 13.9. The van der Waals surface area contributed by atoms with E-state index in [2.05, 4.69) is 0 Å². The van der Waals surface area contributed by atoms with Crippen molar-refractivity contribution in [3.8, 4) is 16.8 Å². The van der Waals surface area contributed by atoms with Crippen molar-refractivity contribution >= 4 is 45.2 Å². The van der Waals surface area contributed by atoms with E-state index in [1.54, 1.807) is 24.3 Å². The molecule has 0 unspecified atom stereocenters. The molecule has 7 aromatic rings. The predicted molar refractivity (Wildman–Crippen MR) is 195 cm³/mol. The number of amides is 4. The summed E-state index contributed by atoms with van der Waals surface area (Å²) >= 11 is 0. The maximum atomic E-state index is 13.7. The number of carbonyl (C=O) groups is 4. The van der Waals surface area contributed by atoms with Crippen LogP contribution in [0, 0.1) is 6.92 Å². The molecule has 0 saturated carbocycles. The number of hydrogen-bond donors (Lipinski definition) is 0. The molecule has 5 aromatic carbocycles. The minimum atomic E-state index is -1.01. The highest BCUT2D eigenvalue weighted by Crippen LogP contribution is 2.31. The summed E-state index contributed by atoms with van der Waals surface area (Å²) < 4.78 is 1.41. The van der Waals surface area contributed by atoms with E-state index in [4.69, 9.17) is 0 Å². The van der Waals surface area contributed by atoms with Gasteiger partial charge in [-0.3, -0.25) is 43.3 Å². The summed E-state index contributed by atoms with van der Waals surface area (Å²) in [5.74, 6) is -2.76. The van der Waals surface area contributed by atoms with E-state index in [9.17, 15) is 38.4 Å². The molecule has 256 valence electrons. The fourth-order valence-corrected chi connectivity index (χ4v) is 7.21. The Morgan fingerprint density at radius 2 is 0.887 bits per heavy atom. The van der Waals surface area contributed by atoms with Crippen molar-refractivity contribution in [3.05, 3.63) is 177 Å². The van der Waals surface area contributed by atoms with Crippen molar-refractivity contribution in [1.29, 1.82) is 0 Å². The van der Waals surface area contributed by atoms with Crippen LogP contribution in [0.3, 0.4) is 0 Å². The van der Waals surface area contributed by atoms with Gasteiger partial charge < -0.3 is 0 Å². The average molecular weight is 701 g/mol. The molecule has 12 nitrogen and oxygen atoms in total. The SMILES string of the molecule is Cc1ccc(Cc2ccc(-n3c(=O)c4cc5c(=O)n(N6C(=O)c7ccc(-c8ccc9c(c8)C(=O)N(C)C9=O)cc7C6=O)c(=O)c5cc4c3=O)cc2)cc1. The van der Waals surface area contributed by atoms with Crippen molar-refractivity contribution in [1.82, 2.24) is 14.1 Å². The summed E-state index contributed by atoms with van der Waals surface area (Å²) in [6.07, 6.45) is 0.655. The maximum Gasteiger partial charge on any atom is 0.281 e. The van der Waals surface area contributed by atoms with Gasteiger partial charge in [-0.15, -0.1) is 0 Å². The molecule has 4 heterocycles. The van der Waals surface area contributed by atoms with E-state index in [0.29, 0.717) is 32.9 Å². The molecule has 2 aliphatic heterocycles. The van der Waals surface area contributed by atoms with Gasteiger partial charge in [-0.05, 0) is 84.1 Å². The number of hydrogen-bond acceptors (Lipinski definition) is 8. The van der Waals surface area contributed by atoms with Gasteiger partial charge in [0.05, 0.1) is 49.5 Å². The number of nitrogens with zero attached hydrogens (tertiary/aromatic N) is 4. The predicted octanol–water partition coefficient (Wildman–Crippen LogP) is 3.63. The van der Waals surface area contributed by atoms with E-state index in [1.807, 2.05) is 43.3 Å². The second kappa shape index (κ2) is 11.1. The quantitative estimate of drug-likeness (QED) is 0.247. The van der Waals surface area contributed by atoms with Crippen molar-refractivity contribution in [2.45, 2.75) is 13.3 Å². The molecule has 2 aliphatic rings. The zero-order valence-electron chi connectivity index (χ0n) is 28.0. The highest BCUT2D eigenvalue weighted by atomic mass is 16.2. The van der Waals surface area contributed by atoms with Crippen LogP contribution in [-0.4, -0.2) is 44.8 Å². The largest absolute Gasteiger partial charge is 0.281 e. The lowest BCUT2D eigenvalue weighted by atomic mass is 9.97. The van der Waals surface area contributed by atoms with Crippen LogP contribution in [0.2, 0.25) is 0 Å². The highest BCUT2D eigenvalue weighted by molar-refractivity contribution is 6.31. The molecular formula is C41H24N4O8. The summed E-state index contributed by atoms with van der Waals surface area (Å²) in [6.45, 7) is 2.01. The molecule has 0 atom stereocenters. The van der Waals surface area contributed by atoms with Crippen molar-refractivity contribution in [2.24, 2.45) is 0 Å². The highest BCUT2D eigenvalue weighted by Gasteiger charge is 2.40. The Labute approximate surface area is 297 Å². The lowest BCUT2D eigenvalue weighted by molar-refractivity contribution is 0.0692. The zero-order valence-corrected chi connectivity index (χ0v) is 28.0. The van der Waals surface area contributed by atoms with Crippen LogP contribution in [0.25, 0.3) is 38.4 Å². The van der Waals surface area contributed by atoms with Crippen molar-refractivity contribution < 1.29 is 19.2 Å². The Balaban J connectivity index is 1.07. The van der Waals surface area contributed by atoms with E-state index in [1.165, 1.54) is 31.3 Å². The minimum Gasteiger partial charge on any atom is -0.277 e. The van der Waals surface area contributed by atoms with E-state index < -0.39 is 45.9 Å². The van der Waals surface area contributed by atoms with Crippen LogP contribution >= 0.6 is 0 Å². The van der Waals surface area contributed by atoms with E-state index in [-0.39, 0.29) is 43.8 Å². The third kappa shape index (κ3) is 4.48. The molecule has 0 aliphatic carbocycles. The molecule has 0 spiro atoms. The van der Waals surface area contributed by atoms with Crippen LogP contribution in [0.5, 0.6) is 0 Å². The Hall–Kier alpha value is -7.34. The molecule has 4 amide bonds. The van der Waals surface area contributed by atoms with Gasteiger partial charge in [0.1, 0.15) is 0 Å². The Kier molecular flexibility index (Phi) is 6.61. The number of fused-ring (bicyclic) bond motifs is 4. The number of aromatic nitrogens is 2. The van der Waals surface area contributed by atoms with E-state index >= 15 is 0 Å². The number of benzene rings is 5. The first kappa shape index (κ1) is 31.6. The van der Waals surface area contributed by atoms with Gasteiger partial charge in [-0.2, -0.15) is 9.69 Å². The number of rotatable bonds is 5. The fraction of sp³-hybridized carbons (Fsp3) is 0.0732. The molecule has 0 N–H and O–H groups in total. The monoisotopic (exact) mass is 700 g/mol. The first-order valence-corrected chi connectivity index (χ1v) is 16.5.